The van der Waals surface area contributed by atoms with Gasteiger partial charge < -0.3 is 19.4 Å². The minimum atomic E-state index is -1.28. The molecule has 59 heavy (non-hydrogen) atoms. The van der Waals surface area contributed by atoms with Crippen LogP contribution in [-0.4, -0.2) is 61.1 Å². The van der Waals surface area contributed by atoms with Gasteiger partial charge in [0, 0.05) is 36.9 Å². The summed E-state index contributed by atoms with van der Waals surface area (Å²) in [6, 6.07) is 22.7. The highest BCUT2D eigenvalue weighted by molar-refractivity contribution is 5.93. The van der Waals surface area contributed by atoms with Crippen LogP contribution in [0.1, 0.15) is 52.7 Å². The summed E-state index contributed by atoms with van der Waals surface area (Å²) < 4.78 is 46.1. The van der Waals surface area contributed by atoms with Gasteiger partial charge in [0.15, 0.2) is 11.3 Å². The maximum atomic E-state index is 14.3. The van der Waals surface area contributed by atoms with Gasteiger partial charge in [-0.25, -0.2) is 42.9 Å². The molecule has 6 aromatic heterocycles. The molecular weight excluding hydrogens is 768 g/mol. The predicted octanol–water partition coefficient (Wildman–Crippen LogP) is 6.16. The Balaban J connectivity index is 0.000000271. The Morgan fingerprint density at radius 1 is 0.814 bits per heavy atom. The molecule has 17 heteroatoms. The molecule has 0 unspecified atom stereocenters. The lowest BCUT2D eigenvalue weighted by Gasteiger charge is -2.30. The number of fused-ring (bicyclic) bond motifs is 2. The van der Waals surface area contributed by atoms with Gasteiger partial charge in [-0.3, -0.25) is 14.2 Å². The Bertz CT molecular complexity index is 2980. The number of imidazole rings is 2. The van der Waals surface area contributed by atoms with Crippen LogP contribution in [0.4, 0.5) is 13.2 Å². The number of pyridine rings is 3. The van der Waals surface area contributed by atoms with E-state index in [9.17, 15) is 32.3 Å². The van der Waals surface area contributed by atoms with E-state index in [-0.39, 0.29) is 40.1 Å². The van der Waals surface area contributed by atoms with E-state index < -0.39 is 40.8 Å². The molecule has 296 valence electrons. The van der Waals surface area contributed by atoms with Crippen molar-refractivity contribution < 1.29 is 27.9 Å². The number of aromatic nitrogens is 8. The van der Waals surface area contributed by atoms with Crippen molar-refractivity contribution in [1.29, 1.82) is 0 Å². The summed E-state index contributed by atoms with van der Waals surface area (Å²) in [5.41, 5.74) is 1.80. The molecule has 2 N–H and O–H groups in total. The molecule has 1 aliphatic rings. The van der Waals surface area contributed by atoms with Crippen molar-refractivity contribution in [3.8, 4) is 22.5 Å². The van der Waals surface area contributed by atoms with Gasteiger partial charge in [-0.1, -0.05) is 42.5 Å². The summed E-state index contributed by atoms with van der Waals surface area (Å²) in [6.07, 6.45) is 10.1. The quantitative estimate of drug-likeness (QED) is 0.179. The first-order chi connectivity index (χ1) is 28.5. The van der Waals surface area contributed by atoms with Crippen LogP contribution in [-0.2, 0) is 0 Å². The van der Waals surface area contributed by atoms with Crippen LogP contribution in [0.15, 0.2) is 132 Å². The van der Waals surface area contributed by atoms with E-state index in [1.165, 1.54) is 61.2 Å². The summed E-state index contributed by atoms with van der Waals surface area (Å²) in [4.78, 5) is 67.0. The van der Waals surface area contributed by atoms with Gasteiger partial charge in [0.25, 0.3) is 11.5 Å². The Morgan fingerprint density at radius 3 is 2.34 bits per heavy atom. The lowest BCUT2D eigenvalue weighted by atomic mass is 9.90. The number of carbonyl (C=O) groups is 2. The highest BCUT2D eigenvalue weighted by atomic mass is 19.1. The fourth-order valence-electron chi connectivity index (χ4n) is 7.20. The van der Waals surface area contributed by atoms with Gasteiger partial charge in [-0.05, 0) is 79.3 Å². The minimum Gasteiger partial charge on any atom is -0.476 e. The molecule has 9 rings (SSSR count). The summed E-state index contributed by atoms with van der Waals surface area (Å²) >= 11 is 0. The van der Waals surface area contributed by atoms with E-state index >= 15 is 0 Å². The monoisotopic (exact) mass is 799 g/mol. The van der Waals surface area contributed by atoms with Gasteiger partial charge in [0.05, 0.1) is 29.3 Å². The number of aromatic carboxylic acids is 1. The number of hydrogen-bond acceptors (Lipinski definition) is 8. The van der Waals surface area contributed by atoms with Crippen LogP contribution >= 0.6 is 0 Å². The smallest absolute Gasteiger partial charge is 0.356 e. The highest BCUT2D eigenvalue weighted by Crippen LogP contribution is 2.28. The van der Waals surface area contributed by atoms with E-state index in [1.807, 2.05) is 48.5 Å². The maximum Gasteiger partial charge on any atom is 0.356 e. The molecule has 1 fully saturated rings. The predicted molar refractivity (Wildman–Crippen MR) is 209 cm³/mol. The van der Waals surface area contributed by atoms with Crippen LogP contribution < -0.4 is 16.6 Å². The van der Waals surface area contributed by atoms with E-state index in [0.29, 0.717) is 37.0 Å². The molecule has 8 aromatic rings. The summed E-state index contributed by atoms with van der Waals surface area (Å²) in [7, 11) is 0. The van der Waals surface area contributed by atoms with Crippen molar-refractivity contribution in [3.05, 3.63) is 172 Å². The molecule has 0 aliphatic heterocycles. The molecule has 1 saturated carbocycles. The molecular formula is C42H32F3N9O5. The second-order valence-corrected chi connectivity index (χ2v) is 13.7. The normalized spacial score (nSPS) is 15.1. The third-order valence-electron chi connectivity index (χ3n) is 9.97. The first-order valence-electron chi connectivity index (χ1n) is 18.4. The van der Waals surface area contributed by atoms with Crippen molar-refractivity contribution in [3.63, 3.8) is 0 Å². The van der Waals surface area contributed by atoms with Crippen LogP contribution in [0, 0.1) is 17.6 Å². The zero-order chi connectivity index (χ0) is 41.2. The van der Waals surface area contributed by atoms with Crippen LogP contribution in [0.25, 0.3) is 39.2 Å². The lowest BCUT2D eigenvalue weighted by molar-refractivity contribution is 0.0688. The zero-order valence-corrected chi connectivity index (χ0v) is 30.8. The number of nitrogens with one attached hydrogen (secondary N) is 1. The van der Waals surface area contributed by atoms with Crippen molar-refractivity contribution in [2.45, 2.75) is 37.8 Å². The van der Waals surface area contributed by atoms with Gasteiger partial charge in [0.1, 0.15) is 23.0 Å². The molecule has 0 spiro atoms. The fourth-order valence-corrected chi connectivity index (χ4v) is 7.20. The summed E-state index contributed by atoms with van der Waals surface area (Å²) in [5, 5.41) is 11.8. The number of halogens is 3. The Kier molecular flexibility index (Phi) is 10.4. The number of amides is 1. The molecule has 0 saturated heterocycles. The van der Waals surface area contributed by atoms with Crippen LogP contribution in [0.2, 0.25) is 0 Å². The third-order valence-corrected chi connectivity index (χ3v) is 9.97. The number of carbonyl (C=O) groups excluding carboxylic acids is 1. The molecule has 1 amide bonds. The van der Waals surface area contributed by atoms with E-state index in [0.717, 1.165) is 29.5 Å². The van der Waals surface area contributed by atoms with Crippen molar-refractivity contribution in [2.24, 2.45) is 0 Å². The molecule has 2 aromatic carbocycles. The standard InChI is InChI=1S/C33H26F2N6O3.C9H6FN3O2/c34-22-9-14-29-38-28(19-39(29)18-22)31(42)37-24-10-12-25(13-11-24)41-32(43)27-16-23(35)17-36-30(27)40(33(41)44)26-8-4-7-21(15-26)20-5-2-1-3-6-20;10-7-2-1-6(8(12-7)9(14)15)13-4-3-11-5-13/h1-9,14-19,24-25H,10-13H2,(H,37,42);1-5H,(H,14,15). The Hall–Kier alpha value is -7.69. The molecule has 0 radical (unpaired) electrons. The topological polar surface area (TPSA) is 171 Å². The van der Waals surface area contributed by atoms with Crippen LogP contribution in [0.3, 0.4) is 0 Å². The van der Waals surface area contributed by atoms with Crippen molar-refractivity contribution >= 4 is 28.6 Å². The van der Waals surface area contributed by atoms with Crippen molar-refractivity contribution in [1.82, 2.24) is 43.4 Å². The third kappa shape index (κ3) is 7.85. The first kappa shape index (κ1) is 38.2. The number of nitrogens with zero attached hydrogens (tertiary/aromatic N) is 8. The second-order valence-electron chi connectivity index (χ2n) is 13.7. The van der Waals surface area contributed by atoms with Gasteiger partial charge in [-0.2, -0.15) is 4.39 Å². The number of carboxylic acids is 1. The minimum absolute atomic E-state index is 0.00780. The summed E-state index contributed by atoms with van der Waals surface area (Å²) in [5.74, 6) is -3.60. The maximum absolute atomic E-state index is 14.3. The molecule has 6 heterocycles. The SMILES string of the molecule is O=C(NC1CCC(n2c(=O)c3cc(F)cnc3n(-c3cccc(-c4ccccc4)c3)c2=O)CC1)c1cn2cc(F)ccc2n1.O=C(O)c1nc(F)ccc1-n1ccnc1. The summed E-state index contributed by atoms with van der Waals surface area (Å²) in [6.45, 7) is 0. The van der Waals surface area contributed by atoms with Gasteiger partial charge in [-0.15, -0.1) is 0 Å². The number of benzene rings is 2. The van der Waals surface area contributed by atoms with E-state index in [4.69, 9.17) is 5.11 Å². The van der Waals surface area contributed by atoms with Gasteiger partial charge >= 0.3 is 11.7 Å². The largest absolute Gasteiger partial charge is 0.476 e. The molecule has 0 atom stereocenters. The Morgan fingerprint density at radius 2 is 1.59 bits per heavy atom. The lowest BCUT2D eigenvalue weighted by Crippen LogP contribution is -2.45. The van der Waals surface area contributed by atoms with Crippen molar-refractivity contribution in [2.75, 3.05) is 0 Å². The molecule has 1 aliphatic carbocycles. The van der Waals surface area contributed by atoms with E-state index in [2.05, 4.69) is 25.3 Å². The molecule has 14 nitrogen and oxygen atoms in total. The average molecular weight is 800 g/mol. The average Bonchev–Trinajstić information content (AvgIpc) is 3.94. The van der Waals surface area contributed by atoms with Gasteiger partial charge in [0.2, 0.25) is 5.95 Å². The Labute approximate surface area is 331 Å². The number of hydrogen-bond donors (Lipinski definition) is 2. The number of carboxylic acid groups (broad SMARTS) is 1. The van der Waals surface area contributed by atoms with Crippen LogP contribution in [0.5, 0.6) is 0 Å². The number of rotatable bonds is 7. The fraction of sp³-hybridized carbons (Fsp3) is 0.143. The van der Waals surface area contributed by atoms with E-state index in [1.54, 1.807) is 12.3 Å². The zero-order valence-electron chi connectivity index (χ0n) is 30.8. The molecule has 0 bridgehead atoms. The second kappa shape index (κ2) is 16.0. The highest BCUT2D eigenvalue weighted by Gasteiger charge is 2.29. The first-order valence-corrected chi connectivity index (χ1v) is 18.4.